The van der Waals surface area contributed by atoms with Gasteiger partial charge in [-0.05, 0) is 25.5 Å². The normalized spacial score (nSPS) is 18.9. The number of methoxy groups -OCH3 is 1. The van der Waals surface area contributed by atoms with Crippen LogP contribution >= 0.6 is 0 Å². The van der Waals surface area contributed by atoms with E-state index in [4.69, 9.17) is 4.74 Å². The Morgan fingerprint density at radius 3 is 2.80 bits per heavy atom. The third kappa shape index (κ3) is 5.44. The first-order valence-electron chi connectivity index (χ1n) is 8.53. The van der Waals surface area contributed by atoms with Gasteiger partial charge in [0.2, 0.25) is 5.91 Å². The maximum absolute atomic E-state index is 12.3. The van der Waals surface area contributed by atoms with Crippen molar-refractivity contribution in [3.05, 3.63) is 29.8 Å². The van der Waals surface area contributed by atoms with Crippen LogP contribution in [0.5, 0.6) is 0 Å². The number of anilines is 1. The van der Waals surface area contributed by atoms with Crippen molar-refractivity contribution in [3.63, 3.8) is 0 Å². The molecule has 25 heavy (non-hydrogen) atoms. The molecule has 0 saturated heterocycles. The third-order valence-corrected chi connectivity index (χ3v) is 4.33. The number of carbonyl (C=O) groups excluding carboxylic acids is 2. The van der Waals surface area contributed by atoms with Gasteiger partial charge in [-0.2, -0.15) is 0 Å². The second-order valence-electron chi connectivity index (χ2n) is 6.64. The molecule has 0 aliphatic carbocycles. The predicted molar refractivity (Wildman–Crippen MR) is 97.6 cm³/mol. The lowest BCUT2D eigenvalue weighted by Gasteiger charge is -2.27. The number of benzene rings is 1. The van der Waals surface area contributed by atoms with E-state index in [9.17, 15) is 9.59 Å². The zero-order chi connectivity index (χ0) is 18.4. The van der Waals surface area contributed by atoms with Crippen LogP contribution in [0.2, 0.25) is 0 Å². The van der Waals surface area contributed by atoms with Gasteiger partial charge in [0.15, 0.2) is 0 Å². The van der Waals surface area contributed by atoms with Crippen LogP contribution in [0.3, 0.4) is 0 Å². The number of para-hydroxylation sites is 1. The van der Waals surface area contributed by atoms with Gasteiger partial charge in [-0.25, -0.2) is 4.79 Å². The summed E-state index contributed by atoms with van der Waals surface area (Å²) in [5.74, 6) is -0.309. The van der Waals surface area contributed by atoms with Crippen molar-refractivity contribution in [1.29, 1.82) is 0 Å². The Morgan fingerprint density at radius 1 is 1.36 bits per heavy atom. The van der Waals surface area contributed by atoms with E-state index < -0.39 is 6.03 Å². The number of nitrogens with one attached hydrogen (secondary N) is 2. The smallest absolute Gasteiger partial charge is 0.321 e. The van der Waals surface area contributed by atoms with E-state index in [0.717, 1.165) is 6.54 Å². The number of ether oxygens (including phenoxy) is 1. The number of fused-ring (bicyclic) bond motifs is 1. The van der Waals surface area contributed by atoms with Gasteiger partial charge in [-0.1, -0.05) is 18.2 Å². The molecular formula is C18H28N4O3. The van der Waals surface area contributed by atoms with E-state index in [1.54, 1.807) is 7.11 Å². The fourth-order valence-electron chi connectivity index (χ4n) is 3.12. The van der Waals surface area contributed by atoms with Crippen LogP contribution in [0.15, 0.2) is 24.3 Å². The van der Waals surface area contributed by atoms with Crippen molar-refractivity contribution >= 4 is 17.6 Å². The molecule has 0 radical (unpaired) electrons. The number of amides is 3. The summed E-state index contributed by atoms with van der Waals surface area (Å²) < 4.78 is 4.96. The summed E-state index contributed by atoms with van der Waals surface area (Å²) in [4.78, 5) is 28.4. The Kier molecular flexibility index (Phi) is 6.78. The lowest BCUT2D eigenvalue weighted by molar-refractivity contribution is -0.121. The molecule has 138 valence electrons. The summed E-state index contributed by atoms with van der Waals surface area (Å²) in [5.41, 5.74) is 2.36. The van der Waals surface area contributed by atoms with Crippen LogP contribution in [0.1, 0.15) is 19.4 Å². The van der Waals surface area contributed by atoms with E-state index in [0.29, 0.717) is 13.2 Å². The minimum atomic E-state index is -0.491. The van der Waals surface area contributed by atoms with Crippen LogP contribution in [0.25, 0.3) is 0 Å². The van der Waals surface area contributed by atoms with Crippen molar-refractivity contribution in [2.75, 3.05) is 38.8 Å². The molecule has 0 bridgehead atoms. The number of nitrogens with zero attached hydrogens (tertiary/aromatic N) is 2. The van der Waals surface area contributed by atoms with E-state index in [1.807, 2.05) is 19.1 Å². The van der Waals surface area contributed by atoms with Crippen LogP contribution in [0, 0.1) is 0 Å². The molecule has 7 heteroatoms. The Labute approximate surface area is 149 Å². The molecule has 1 aromatic carbocycles. The van der Waals surface area contributed by atoms with Gasteiger partial charge in [0.1, 0.15) is 0 Å². The second-order valence-corrected chi connectivity index (χ2v) is 6.64. The molecule has 1 heterocycles. The molecular weight excluding hydrogens is 320 g/mol. The number of hydrogen-bond acceptors (Lipinski definition) is 5. The maximum Gasteiger partial charge on any atom is 0.321 e. The lowest BCUT2D eigenvalue weighted by Crippen LogP contribution is -2.49. The molecule has 2 unspecified atom stereocenters. The number of imide groups is 1. The summed E-state index contributed by atoms with van der Waals surface area (Å²) in [6.07, 6.45) is 0. The molecule has 2 N–H and O–H groups in total. The molecule has 3 amide bonds. The van der Waals surface area contributed by atoms with E-state index in [2.05, 4.69) is 46.5 Å². The first-order valence-corrected chi connectivity index (χ1v) is 8.53. The standard InChI is InChI=1S/C18H28N4O3/c1-13(12-25-4)19-18(24)20-17(23)11-22-10-15-7-5-6-8-16(15)21(3)9-14(22)2/h5-8,13-14H,9-12H2,1-4H3,(H2,19,20,23,24). The quantitative estimate of drug-likeness (QED) is 0.836. The Hall–Kier alpha value is -2.12. The first kappa shape index (κ1) is 19.2. The van der Waals surface area contributed by atoms with Crippen molar-refractivity contribution in [2.45, 2.75) is 32.5 Å². The fourth-order valence-corrected chi connectivity index (χ4v) is 3.12. The van der Waals surface area contributed by atoms with Crippen LogP contribution in [-0.4, -0.2) is 62.8 Å². The van der Waals surface area contributed by atoms with E-state index >= 15 is 0 Å². The van der Waals surface area contributed by atoms with Crippen molar-refractivity contribution in [1.82, 2.24) is 15.5 Å². The maximum atomic E-state index is 12.3. The zero-order valence-electron chi connectivity index (χ0n) is 15.4. The van der Waals surface area contributed by atoms with Gasteiger partial charge in [-0.15, -0.1) is 0 Å². The lowest BCUT2D eigenvalue weighted by atomic mass is 10.1. The average Bonchev–Trinajstić information content (AvgIpc) is 2.64. The van der Waals surface area contributed by atoms with Crippen LogP contribution in [0.4, 0.5) is 10.5 Å². The molecule has 2 atom stereocenters. The Balaban J connectivity index is 1.95. The SMILES string of the molecule is COCC(C)NC(=O)NC(=O)CN1Cc2ccccc2N(C)CC1C. The van der Waals surface area contributed by atoms with Gasteiger partial charge >= 0.3 is 6.03 Å². The van der Waals surface area contributed by atoms with E-state index in [1.165, 1.54) is 11.3 Å². The number of hydrogen-bond donors (Lipinski definition) is 2. The minimum absolute atomic E-state index is 0.157. The summed E-state index contributed by atoms with van der Waals surface area (Å²) in [6.45, 7) is 5.98. The van der Waals surface area contributed by atoms with Crippen LogP contribution < -0.4 is 15.5 Å². The highest BCUT2D eigenvalue weighted by atomic mass is 16.5. The largest absolute Gasteiger partial charge is 0.383 e. The molecule has 0 spiro atoms. The molecule has 2 rings (SSSR count). The molecule has 0 saturated carbocycles. The molecule has 1 aliphatic rings. The van der Waals surface area contributed by atoms with Crippen molar-refractivity contribution in [2.24, 2.45) is 0 Å². The summed E-state index contributed by atoms with van der Waals surface area (Å²) in [5, 5.41) is 5.07. The second kappa shape index (κ2) is 8.82. The number of urea groups is 1. The van der Waals surface area contributed by atoms with Gasteiger partial charge < -0.3 is 15.0 Å². The van der Waals surface area contributed by atoms with E-state index in [-0.39, 0.29) is 24.5 Å². The van der Waals surface area contributed by atoms with Crippen molar-refractivity contribution < 1.29 is 14.3 Å². The monoisotopic (exact) mass is 348 g/mol. The highest BCUT2D eigenvalue weighted by molar-refractivity contribution is 5.95. The average molecular weight is 348 g/mol. The zero-order valence-corrected chi connectivity index (χ0v) is 15.4. The highest BCUT2D eigenvalue weighted by Crippen LogP contribution is 2.25. The topological polar surface area (TPSA) is 73.9 Å². The first-order chi connectivity index (χ1) is 11.9. The summed E-state index contributed by atoms with van der Waals surface area (Å²) >= 11 is 0. The number of likely N-dealkylation sites (N-methyl/N-ethyl adjacent to an activating group) is 1. The Bertz CT molecular complexity index is 608. The third-order valence-electron chi connectivity index (χ3n) is 4.33. The van der Waals surface area contributed by atoms with Gasteiger partial charge in [-0.3, -0.25) is 15.0 Å². The van der Waals surface area contributed by atoms with Gasteiger partial charge in [0.25, 0.3) is 0 Å². The Morgan fingerprint density at radius 2 is 2.08 bits per heavy atom. The molecule has 0 fully saturated rings. The molecule has 7 nitrogen and oxygen atoms in total. The number of carbonyl (C=O) groups is 2. The summed E-state index contributed by atoms with van der Waals surface area (Å²) in [7, 11) is 3.63. The van der Waals surface area contributed by atoms with Crippen molar-refractivity contribution in [3.8, 4) is 0 Å². The van der Waals surface area contributed by atoms with Gasteiger partial charge in [0, 0.05) is 39.0 Å². The number of rotatable bonds is 5. The predicted octanol–water partition coefficient (Wildman–Crippen LogP) is 1.19. The minimum Gasteiger partial charge on any atom is -0.383 e. The molecule has 1 aliphatic heterocycles. The highest BCUT2D eigenvalue weighted by Gasteiger charge is 2.25. The van der Waals surface area contributed by atoms with Gasteiger partial charge in [0.05, 0.1) is 19.2 Å². The van der Waals surface area contributed by atoms with Crippen LogP contribution in [-0.2, 0) is 16.1 Å². The fraction of sp³-hybridized carbons (Fsp3) is 0.556. The molecule has 0 aromatic heterocycles. The summed E-state index contributed by atoms with van der Waals surface area (Å²) in [6, 6.07) is 7.74. The molecule has 1 aromatic rings.